The van der Waals surface area contributed by atoms with Crippen LogP contribution in [0, 0.1) is 24.2 Å². The smallest absolute Gasteiger partial charge is 0.189 e. The summed E-state index contributed by atoms with van der Waals surface area (Å²) < 4.78 is 1.10. The van der Waals surface area contributed by atoms with Crippen molar-refractivity contribution in [1.29, 1.82) is 0 Å². The number of nitrogens with one attached hydrogen (secondary N) is 1. The third-order valence-electron chi connectivity index (χ3n) is 6.97. The maximum atomic E-state index is 11.2. The number of H-pyrrole nitrogens is 1. The predicted octanol–water partition coefficient (Wildman–Crippen LogP) is 9.83. The van der Waals surface area contributed by atoms with Crippen molar-refractivity contribution in [2.24, 2.45) is 0 Å². The second kappa shape index (κ2) is 17.4. The Morgan fingerprint density at radius 3 is 1.71 bits per heavy atom. The average Bonchev–Trinajstić information content (AvgIpc) is 3.16. The number of fused-ring (bicyclic) bond motifs is 3. The molecule has 0 amide bonds. The summed E-state index contributed by atoms with van der Waals surface area (Å²) in [5.74, 6) is 8.92. The number of halogens is 1. The number of terminal acetylenes is 1. The number of rotatable bonds is 0. The second-order valence-electron chi connectivity index (χ2n) is 10.2. The first-order valence-corrected chi connectivity index (χ1v) is 15.9. The van der Waals surface area contributed by atoms with Crippen molar-refractivity contribution < 1.29 is 0 Å². The summed E-state index contributed by atoms with van der Waals surface area (Å²) >= 11 is 3.46. The van der Waals surface area contributed by atoms with Crippen LogP contribution in [0.3, 0.4) is 0 Å². The van der Waals surface area contributed by atoms with Crippen LogP contribution in [0.1, 0.15) is 16.7 Å². The van der Waals surface area contributed by atoms with Gasteiger partial charge in [0.15, 0.2) is 5.43 Å². The Kier molecular flexibility index (Phi) is 12.0. The fraction of sp³-hybridized carbons (Fsp3) is 0. The lowest BCUT2D eigenvalue weighted by atomic mass is 10.1. The molecule has 0 bridgehead atoms. The van der Waals surface area contributed by atoms with Crippen molar-refractivity contribution in [3.05, 3.63) is 202 Å². The van der Waals surface area contributed by atoms with Gasteiger partial charge in [0, 0.05) is 67.5 Å². The topological polar surface area (TPSA) is 58.6 Å². The lowest BCUT2D eigenvalue weighted by Crippen LogP contribution is -1.98. The molecule has 0 saturated heterocycles. The SMILES string of the molecule is Brc1ccnc2ccccc12.C#Cc1ccccc1.C(#Cc1ccnc2ccccc12)c1ccccc1.O=c1cc[nH]c2ccccc12. The predicted molar refractivity (Wildman–Crippen MR) is 203 cm³/mol. The van der Waals surface area contributed by atoms with Crippen molar-refractivity contribution in [1.82, 2.24) is 15.0 Å². The Bertz CT molecular complexity index is 2390. The highest BCUT2D eigenvalue weighted by molar-refractivity contribution is 9.10. The molecule has 0 spiro atoms. The van der Waals surface area contributed by atoms with Crippen LogP contribution >= 0.6 is 15.9 Å². The summed E-state index contributed by atoms with van der Waals surface area (Å²) in [6.45, 7) is 0. The lowest BCUT2D eigenvalue weighted by Gasteiger charge is -1.98. The Morgan fingerprint density at radius 1 is 0.542 bits per heavy atom. The van der Waals surface area contributed by atoms with E-state index in [1.165, 1.54) is 6.07 Å². The van der Waals surface area contributed by atoms with Crippen LogP contribution in [0.4, 0.5) is 0 Å². The van der Waals surface area contributed by atoms with Crippen LogP contribution < -0.4 is 5.43 Å². The molecule has 0 fully saturated rings. The third kappa shape index (κ3) is 9.37. The summed E-state index contributed by atoms with van der Waals surface area (Å²) in [5, 5.41) is 3.01. The van der Waals surface area contributed by atoms with Crippen LogP contribution in [0.15, 0.2) is 180 Å². The Balaban J connectivity index is 0.000000131. The second-order valence-corrected chi connectivity index (χ2v) is 11.1. The van der Waals surface area contributed by atoms with E-state index in [0.29, 0.717) is 0 Å². The van der Waals surface area contributed by atoms with Crippen molar-refractivity contribution in [2.45, 2.75) is 0 Å². The number of nitrogens with zero attached hydrogens (tertiary/aromatic N) is 2. The molecule has 0 atom stereocenters. The molecule has 8 aromatic rings. The highest BCUT2D eigenvalue weighted by atomic mass is 79.9. The normalized spacial score (nSPS) is 9.67. The third-order valence-corrected chi connectivity index (χ3v) is 7.66. The van der Waals surface area contributed by atoms with Crippen LogP contribution in [0.5, 0.6) is 0 Å². The molecule has 4 nitrogen and oxygen atoms in total. The summed E-state index contributed by atoms with van der Waals surface area (Å²) in [6.07, 6.45) is 10.4. The molecule has 8 rings (SSSR count). The quantitative estimate of drug-likeness (QED) is 0.162. The van der Waals surface area contributed by atoms with Crippen LogP contribution in [-0.4, -0.2) is 15.0 Å². The molecule has 0 aliphatic carbocycles. The zero-order chi connectivity index (χ0) is 33.4. The maximum absolute atomic E-state index is 11.2. The lowest BCUT2D eigenvalue weighted by molar-refractivity contribution is 1.39. The van der Waals surface area contributed by atoms with Gasteiger partial charge in [-0.25, -0.2) is 0 Å². The summed E-state index contributed by atoms with van der Waals surface area (Å²) in [7, 11) is 0. The highest BCUT2D eigenvalue weighted by Crippen LogP contribution is 2.20. The number of hydrogen-bond acceptors (Lipinski definition) is 3. The Morgan fingerprint density at radius 2 is 1.08 bits per heavy atom. The molecule has 3 heterocycles. The first-order chi connectivity index (χ1) is 23.6. The number of benzene rings is 5. The van der Waals surface area contributed by atoms with Crippen molar-refractivity contribution in [3.8, 4) is 24.2 Å². The highest BCUT2D eigenvalue weighted by Gasteiger charge is 1.98. The van der Waals surface area contributed by atoms with E-state index in [4.69, 9.17) is 6.42 Å². The molecular weight excluding hydrogens is 654 g/mol. The monoisotopic (exact) mass is 683 g/mol. The molecule has 0 aliphatic rings. The van der Waals surface area contributed by atoms with Gasteiger partial charge in [-0.2, -0.15) is 0 Å². The van der Waals surface area contributed by atoms with E-state index in [1.54, 1.807) is 18.6 Å². The van der Waals surface area contributed by atoms with Gasteiger partial charge in [0.2, 0.25) is 0 Å². The molecule has 0 unspecified atom stereocenters. The van der Waals surface area contributed by atoms with E-state index in [9.17, 15) is 4.79 Å². The standard InChI is InChI=1S/C17H11N.C9H6BrN.C9H7NO.C8H6/c1-2-6-14(7-3-1)10-11-15-12-13-18-17-9-5-4-8-16(15)17;10-8-5-6-11-9-4-2-1-3-7(8)9;11-9-5-6-10-8-4-2-1-3-7(8)9;1-2-8-6-4-3-5-7-8/h1-9,12-13H;1-6H;1-6H,(H,10,11);1,3-7H. The first-order valence-electron chi connectivity index (χ1n) is 15.1. The van der Waals surface area contributed by atoms with E-state index in [0.717, 1.165) is 53.9 Å². The van der Waals surface area contributed by atoms with E-state index < -0.39 is 0 Å². The number of pyridine rings is 3. The molecule has 230 valence electrons. The van der Waals surface area contributed by atoms with Gasteiger partial charge in [0.25, 0.3) is 0 Å². The minimum Gasteiger partial charge on any atom is -0.361 e. The molecule has 0 saturated carbocycles. The Labute approximate surface area is 288 Å². The summed E-state index contributed by atoms with van der Waals surface area (Å²) in [5.41, 5.74) is 5.95. The minimum absolute atomic E-state index is 0.0688. The van der Waals surface area contributed by atoms with Gasteiger partial charge in [-0.3, -0.25) is 14.8 Å². The van der Waals surface area contributed by atoms with Crippen molar-refractivity contribution >= 4 is 48.6 Å². The van der Waals surface area contributed by atoms with E-state index in [2.05, 4.69) is 54.7 Å². The molecular formula is C43H30BrN3O. The molecule has 1 N–H and O–H groups in total. The van der Waals surface area contributed by atoms with Gasteiger partial charge in [-0.05, 0) is 60.7 Å². The average molecular weight is 685 g/mol. The van der Waals surface area contributed by atoms with Gasteiger partial charge in [-0.1, -0.05) is 119 Å². The van der Waals surface area contributed by atoms with Gasteiger partial charge in [-0.15, -0.1) is 6.42 Å². The van der Waals surface area contributed by atoms with Crippen LogP contribution in [-0.2, 0) is 0 Å². The molecule has 0 radical (unpaired) electrons. The number of para-hydroxylation sites is 3. The molecule has 5 heteroatoms. The zero-order valence-corrected chi connectivity index (χ0v) is 27.5. The Hall–Kier alpha value is -6.27. The molecule has 3 aromatic heterocycles. The number of aromatic amines is 1. The number of aromatic nitrogens is 3. The van der Waals surface area contributed by atoms with E-state index in [1.807, 2.05) is 140 Å². The van der Waals surface area contributed by atoms with Gasteiger partial charge < -0.3 is 4.98 Å². The minimum atomic E-state index is 0.0688. The summed E-state index contributed by atoms with van der Waals surface area (Å²) in [4.78, 5) is 22.7. The maximum Gasteiger partial charge on any atom is 0.189 e. The van der Waals surface area contributed by atoms with Crippen molar-refractivity contribution in [3.63, 3.8) is 0 Å². The number of hydrogen-bond donors (Lipinski definition) is 1. The fourth-order valence-electron chi connectivity index (χ4n) is 4.58. The van der Waals surface area contributed by atoms with E-state index in [-0.39, 0.29) is 5.43 Å². The molecule has 48 heavy (non-hydrogen) atoms. The largest absolute Gasteiger partial charge is 0.361 e. The fourth-order valence-corrected chi connectivity index (χ4v) is 5.04. The van der Waals surface area contributed by atoms with Crippen molar-refractivity contribution in [2.75, 3.05) is 0 Å². The van der Waals surface area contributed by atoms with Crippen LogP contribution in [0.25, 0.3) is 32.7 Å². The first kappa shape index (κ1) is 33.1. The zero-order valence-electron chi connectivity index (χ0n) is 25.9. The van der Waals surface area contributed by atoms with E-state index >= 15 is 0 Å². The molecule has 0 aliphatic heterocycles. The van der Waals surface area contributed by atoms with Crippen LogP contribution in [0.2, 0.25) is 0 Å². The van der Waals surface area contributed by atoms with Gasteiger partial charge in [0.05, 0.1) is 11.0 Å². The summed E-state index contributed by atoms with van der Waals surface area (Å²) in [6, 6.07) is 48.6. The van der Waals surface area contributed by atoms with Gasteiger partial charge in [0.1, 0.15) is 0 Å². The van der Waals surface area contributed by atoms with Gasteiger partial charge >= 0.3 is 0 Å². The molecule has 5 aromatic carbocycles.